The van der Waals surface area contributed by atoms with E-state index in [0.717, 1.165) is 19.3 Å². The summed E-state index contributed by atoms with van der Waals surface area (Å²) in [5, 5.41) is 13.2. The zero-order valence-corrected chi connectivity index (χ0v) is 10.2. The SMILES string of the molecule is [N-]=[N+]=NCC[C@@]1(c2ccccc2)C=C[C@H](O)CC1. The van der Waals surface area contributed by atoms with Crippen LogP contribution in [0.25, 0.3) is 10.4 Å². The first-order valence-corrected chi connectivity index (χ1v) is 6.21. The van der Waals surface area contributed by atoms with Gasteiger partial charge in [0.25, 0.3) is 0 Å². The minimum atomic E-state index is -0.346. The number of benzene rings is 1. The first kappa shape index (κ1) is 12.7. The third-order valence-corrected chi connectivity index (χ3v) is 3.59. The van der Waals surface area contributed by atoms with E-state index in [1.165, 1.54) is 5.56 Å². The van der Waals surface area contributed by atoms with Gasteiger partial charge in [0.1, 0.15) is 0 Å². The molecule has 1 aliphatic carbocycles. The Morgan fingerprint density at radius 3 is 2.78 bits per heavy atom. The summed E-state index contributed by atoms with van der Waals surface area (Å²) in [6, 6.07) is 10.2. The van der Waals surface area contributed by atoms with Gasteiger partial charge in [-0.2, -0.15) is 0 Å². The molecule has 1 aliphatic rings. The van der Waals surface area contributed by atoms with Crippen molar-refractivity contribution in [3.8, 4) is 0 Å². The molecule has 4 nitrogen and oxygen atoms in total. The first-order valence-electron chi connectivity index (χ1n) is 6.21. The van der Waals surface area contributed by atoms with Crippen molar-refractivity contribution in [1.29, 1.82) is 0 Å². The van der Waals surface area contributed by atoms with Crippen LogP contribution in [-0.2, 0) is 5.41 Å². The van der Waals surface area contributed by atoms with Crippen LogP contribution in [0.15, 0.2) is 47.6 Å². The molecule has 18 heavy (non-hydrogen) atoms. The minimum Gasteiger partial charge on any atom is -0.389 e. The van der Waals surface area contributed by atoms with Crippen molar-refractivity contribution in [2.45, 2.75) is 30.8 Å². The molecule has 0 aliphatic heterocycles. The molecule has 4 heteroatoms. The van der Waals surface area contributed by atoms with E-state index in [4.69, 9.17) is 5.53 Å². The molecule has 1 N–H and O–H groups in total. The summed E-state index contributed by atoms with van der Waals surface area (Å²) in [5.41, 5.74) is 9.51. The van der Waals surface area contributed by atoms with Gasteiger partial charge in [-0.15, -0.1) is 0 Å². The summed E-state index contributed by atoms with van der Waals surface area (Å²) in [4.78, 5) is 2.81. The van der Waals surface area contributed by atoms with Crippen molar-refractivity contribution in [3.05, 3.63) is 58.5 Å². The zero-order chi connectivity index (χ0) is 12.8. The monoisotopic (exact) mass is 243 g/mol. The Kier molecular flexibility index (Phi) is 4.03. The molecule has 0 saturated heterocycles. The second-order valence-corrected chi connectivity index (χ2v) is 4.69. The molecule has 1 aromatic rings. The van der Waals surface area contributed by atoms with Crippen molar-refractivity contribution < 1.29 is 5.11 Å². The summed E-state index contributed by atoms with van der Waals surface area (Å²) >= 11 is 0. The van der Waals surface area contributed by atoms with Crippen LogP contribution in [0.3, 0.4) is 0 Å². The molecule has 0 spiro atoms. The molecule has 2 rings (SSSR count). The molecule has 0 unspecified atom stereocenters. The van der Waals surface area contributed by atoms with Gasteiger partial charge in [0.2, 0.25) is 0 Å². The van der Waals surface area contributed by atoms with Gasteiger partial charge in [-0.3, -0.25) is 0 Å². The molecule has 0 radical (unpaired) electrons. The van der Waals surface area contributed by atoms with Crippen LogP contribution in [0.4, 0.5) is 0 Å². The van der Waals surface area contributed by atoms with Crippen LogP contribution in [0.1, 0.15) is 24.8 Å². The van der Waals surface area contributed by atoms with E-state index in [1.807, 2.05) is 24.3 Å². The van der Waals surface area contributed by atoms with E-state index in [0.29, 0.717) is 6.54 Å². The van der Waals surface area contributed by atoms with E-state index in [9.17, 15) is 5.11 Å². The highest BCUT2D eigenvalue weighted by Gasteiger charge is 2.31. The molecule has 94 valence electrons. The van der Waals surface area contributed by atoms with Crippen molar-refractivity contribution in [2.24, 2.45) is 5.11 Å². The van der Waals surface area contributed by atoms with Crippen LogP contribution in [0.2, 0.25) is 0 Å². The first-order chi connectivity index (χ1) is 8.77. The number of hydrogen-bond donors (Lipinski definition) is 1. The second-order valence-electron chi connectivity index (χ2n) is 4.69. The molecule has 0 bridgehead atoms. The van der Waals surface area contributed by atoms with Gasteiger partial charge in [-0.1, -0.05) is 47.6 Å². The lowest BCUT2D eigenvalue weighted by Gasteiger charge is -2.35. The molecule has 0 fully saturated rings. The Labute approximate surface area is 107 Å². The van der Waals surface area contributed by atoms with Crippen molar-refractivity contribution in [1.82, 2.24) is 0 Å². The average molecular weight is 243 g/mol. The van der Waals surface area contributed by atoms with Crippen LogP contribution in [0.5, 0.6) is 0 Å². The summed E-state index contributed by atoms with van der Waals surface area (Å²) in [5.74, 6) is 0. The van der Waals surface area contributed by atoms with Gasteiger partial charge in [0.05, 0.1) is 6.10 Å². The predicted octanol–water partition coefficient (Wildman–Crippen LogP) is 3.34. The normalized spacial score (nSPS) is 26.6. The highest BCUT2D eigenvalue weighted by atomic mass is 16.3. The van der Waals surface area contributed by atoms with Gasteiger partial charge in [-0.25, -0.2) is 0 Å². The minimum absolute atomic E-state index is 0.102. The molecule has 2 atom stereocenters. The lowest BCUT2D eigenvalue weighted by atomic mass is 9.71. The Bertz CT molecular complexity index is 465. The highest BCUT2D eigenvalue weighted by molar-refractivity contribution is 5.32. The molecular formula is C14H17N3O. The lowest BCUT2D eigenvalue weighted by molar-refractivity contribution is 0.186. The number of azide groups is 1. The molecule has 0 saturated carbocycles. The van der Waals surface area contributed by atoms with Crippen molar-refractivity contribution in [3.63, 3.8) is 0 Å². The Morgan fingerprint density at radius 2 is 2.17 bits per heavy atom. The second kappa shape index (κ2) is 5.71. The lowest BCUT2D eigenvalue weighted by Crippen LogP contribution is -2.30. The largest absolute Gasteiger partial charge is 0.389 e. The molecular weight excluding hydrogens is 226 g/mol. The van der Waals surface area contributed by atoms with Gasteiger partial charge < -0.3 is 5.11 Å². The molecule has 0 heterocycles. The maximum Gasteiger partial charge on any atom is 0.0721 e. The Hall–Kier alpha value is -1.77. The Morgan fingerprint density at radius 1 is 1.39 bits per heavy atom. The number of rotatable bonds is 4. The van der Waals surface area contributed by atoms with E-state index in [2.05, 4.69) is 28.2 Å². The van der Waals surface area contributed by atoms with Gasteiger partial charge in [-0.05, 0) is 30.4 Å². The quantitative estimate of drug-likeness (QED) is 0.374. The van der Waals surface area contributed by atoms with E-state index in [-0.39, 0.29) is 11.5 Å². The third kappa shape index (κ3) is 2.73. The van der Waals surface area contributed by atoms with Crippen molar-refractivity contribution in [2.75, 3.05) is 6.54 Å². The molecule has 0 aromatic heterocycles. The summed E-state index contributed by atoms with van der Waals surface area (Å²) in [6.07, 6.45) is 6.00. The van der Waals surface area contributed by atoms with Gasteiger partial charge >= 0.3 is 0 Å². The van der Waals surface area contributed by atoms with E-state index >= 15 is 0 Å². The van der Waals surface area contributed by atoms with Crippen LogP contribution < -0.4 is 0 Å². The van der Waals surface area contributed by atoms with E-state index < -0.39 is 0 Å². The number of aliphatic hydroxyl groups is 1. The van der Waals surface area contributed by atoms with Gasteiger partial charge in [0, 0.05) is 16.9 Å². The fourth-order valence-electron chi connectivity index (χ4n) is 2.54. The standard InChI is InChI=1S/C14H17N3O/c15-17-16-11-10-14(8-6-13(18)7-9-14)12-4-2-1-3-5-12/h1-6,8,13,18H,7,9-11H2/t13-,14+/m0/s1. The highest BCUT2D eigenvalue weighted by Crippen LogP contribution is 2.38. The molecule has 1 aromatic carbocycles. The Balaban J connectivity index is 2.28. The number of allylic oxidation sites excluding steroid dienone is 1. The van der Waals surface area contributed by atoms with Crippen LogP contribution >= 0.6 is 0 Å². The summed E-state index contributed by atoms with van der Waals surface area (Å²) in [6.45, 7) is 0.478. The predicted molar refractivity (Wildman–Crippen MR) is 71.1 cm³/mol. The van der Waals surface area contributed by atoms with Gasteiger partial charge in [0.15, 0.2) is 0 Å². The maximum atomic E-state index is 9.59. The number of aliphatic hydroxyl groups excluding tert-OH is 1. The van der Waals surface area contributed by atoms with E-state index in [1.54, 1.807) is 0 Å². The van der Waals surface area contributed by atoms with Crippen molar-refractivity contribution >= 4 is 0 Å². The number of hydrogen-bond acceptors (Lipinski definition) is 2. The average Bonchev–Trinajstić information content (AvgIpc) is 2.43. The van der Waals surface area contributed by atoms with Crippen LogP contribution in [0, 0.1) is 0 Å². The fraction of sp³-hybridized carbons (Fsp3) is 0.429. The molecule has 0 amide bonds. The maximum absolute atomic E-state index is 9.59. The smallest absolute Gasteiger partial charge is 0.0721 e. The summed E-state index contributed by atoms with van der Waals surface area (Å²) < 4.78 is 0. The van der Waals surface area contributed by atoms with Crippen LogP contribution in [-0.4, -0.2) is 17.8 Å². The number of nitrogens with zero attached hydrogens (tertiary/aromatic N) is 3. The zero-order valence-electron chi connectivity index (χ0n) is 10.2. The topological polar surface area (TPSA) is 69.0 Å². The third-order valence-electron chi connectivity index (χ3n) is 3.59. The summed E-state index contributed by atoms with van der Waals surface area (Å²) in [7, 11) is 0. The fourth-order valence-corrected chi connectivity index (χ4v) is 2.54.